The van der Waals surface area contributed by atoms with E-state index in [1.54, 1.807) is 29.3 Å². The van der Waals surface area contributed by atoms with Crippen molar-refractivity contribution in [2.24, 2.45) is 13.0 Å². The third kappa shape index (κ3) is 3.53. The molecule has 8 nitrogen and oxygen atoms in total. The van der Waals surface area contributed by atoms with E-state index in [-0.39, 0.29) is 11.8 Å². The van der Waals surface area contributed by atoms with Gasteiger partial charge in [0.25, 0.3) is 0 Å². The summed E-state index contributed by atoms with van der Waals surface area (Å²) >= 11 is 0. The Morgan fingerprint density at radius 3 is 2.73 bits per heavy atom. The molecule has 1 fully saturated rings. The SMILES string of the molecule is Cn1cc(Nc2nccc(-c3ccc(NC(=O)C4CCC4)nc3)n2)cn1. The van der Waals surface area contributed by atoms with Crippen molar-refractivity contribution in [3.63, 3.8) is 0 Å². The van der Waals surface area contributed by atoms with Crippen LogP contribution in [0.5, 0.6) is 0 Å². The van der Waals surface area contributed by atoms with Crippen molar-refractivity contribution in [1.29, 1.82) is 0 Å². The van der Waals surface area contributed by atoms with Gasteiger partial charge < -0.3 is 10.6 Å². The number of hydrogen-bond donors (Lipinski definition) is 2. The molecule has 8 heteroatoms. The van der Waals surface area contributed by atoms with E-state index in [0.717, 1.165) is 36.2 Å². The van der Waals surface area contributed by atoms with Crippen molar-refractivity contribution < 1.29 is 4.79 Å². The Labute approximate surface area is 150 Å². The van der Waals surface area contributed by atoms with Crippen LogP contribution in [0.2, 0.25) is 0 Å². The maximum Gasteiger partial charge on any atom is 0.228 e. The number of pyridine rings is 1. The fraction of sp³-hybridized carbons (Fsp3) is 0.278. The van der Waals surface area contributed by atoms with E-state index in [9.17, 15) is 4.79 Å². The summed E-state index contributed by atoms with van der Waals surface area (Å²) in [5.41, 5.74) is 2.41. The topological polar surface area (TPSA) is 97.6 Å². The zero-order valence-electron chi connectivity index (χ0n) is 14.4. The number of anilines is 3. The Morgan fingerprint density at radius 1 is 1.19 bits per heavy atom. The second-order valence-corrected chi connectivity index (χ2v) is 6.34. The Balaban J connectivity index is 1.46. The lowest BCUT2D eigenvalue weighted by atomic mass is 9.85. The third-order valence-electron chi connectivity index (χ3n) is 4.40. The first-order chi connectivity index (χ1) is 12.7. The number of hydrogen-bond acceptors (Lipinski definition) is 6. The molecule has 3 heterocycles. The molecule has 4 rings (SSSR count). The molecule has 1 aliphatic carbocycles. The van der Waals surface area contributed by atoms with E-state index in [1.165, 1.54) is 0 Å². The van der Waals surface area contributed by atoms with Gasteiger partial charge in [0.2, 0.25) is 11.9 Å². The lowest BCUT2D eigenvalue weighted by molar-refractivity contribution is -0.122. The first kappa shape index (κ1) is 16.2. The van der Waals surface area contributed by atoms with Crippen LogP contribution in [0, 0.1) is 5.92 Å². The summed E-state index contributed by atoms with van der Waals surface area (Å²) in [4.78, 5) is 25.0. The first-order valence-corrected chi connectivity index (χ1v) is 8.53. The van der Waals surface area contributed by atoms with Crippen molar-refractivity contribution in [1.82, 2.24) is 24.7 Å². The minimum Gasteiger partial charge on any atom is -0.321 e. The standard InChI is InChI=1S/C18H19N7O/c1-25-11-14(10-21-25)22-18-19-8-7-15(23-18)13-5-6-16(20-9-13)24-17(26)12-3-2-4-12/h5-12H,2-4H2,1H3,(H,19,22,23)(H,20,24,26). The first-order valence-electron chi connectivity index (χ1n) is 8.53. The van der Waals surface area contributed by atoms with E-state index in [0.29, 0.717) is 11.8 Å². The highest BCUT2D eigenvalue weighted by Crippen LogP contribution is 2.27. The van der Waals surface area contributed by atoms with Gasteiger partial charge in [-0.25, -0.2) is 15.0 Å². The normalized spacial score (nSPS) is 13.9. The summed E-state index contributed by atoms with van der Waals surface area (Å²) in [5, 5.41) is 10.1. The number of rotatable bonds is 5. The van der Waals surface area contributed by atoms with Gasteiger partial charge in [0, 0.05) is 37.1 Å². The Kier molecular flexibility index (Phi) is 4.30. The second-order valence-electron chi connectivity index (χ2n) is 6.34. The highest BCUT2D eigenvalue weighted by atomic mass is 16.2. The summed E-state index contributed by atoms with van der Waals surface area (Å²) in [6, 6.07) is 5.50. The van der Waals surface area contributed by atoms with Crippen LogP contribution in [0.3, 0.4) is 0 Å². The highest BCUT2D eigenvalue weighted by Gasteiger charge is 2.25. The minimum absolute atomic E-state index is 0.0569. The maximum atomic E-state index is 12.0. The number of carbonyl (C=O) groups is 1. The molecule has 0 atom stereocenters. The lowest BCUT2D eigenvalue weighted by Gasteiger charge is -2.23. The van der Waals surface area contributed by atoms with Crippen LogP contribution in [0.25, 0.3) is 11.3 Å². The monoisotopic (exact) mass is 349 g/mol. The van der Waals surface area contributed by atoms with Gasteiger partial charge in [-0.05, 0) is 31.0 Å². The quantitative estimate of drug-likeness (QED) is 0.735. The number of carbonyl (C=O) groups excluding carboxylic acids is 1. The van der Waals surface area contributed by atoms with Crippen molar-refractivity contribution in [2.45, 2.75) is 19.3 Å². The number of nitrogens with one attached hydrogen (secondary N) is 2. The number of nitrogens with zero attached hydrogens (tertiary/aromatic N) is 5. The maximum absolute atomic E-state index is 12.0. The Hall–Kier alpha value is -3.29. The van der Waals surface area contributed by atoms with Gasteiger partial charge in [-0.3, -0.25) is 9.48 Å². The summed E-state index contributed by atoms with van der Waals surface area (Å²) in [7, 11) is 1.85. The average molecular weight is 349 g/mol. The van der Waals surface area contributed by atoms with Gasteiger partial charge in [-0.1, -0.05) is 6.42 Å². The zero-order valence-corrected chi connectivity index (χ0v) is 14.4. The Bertz CT molecular complexity index is 915. The number of amides is 1. The number of aryl methyl sites for hydroxylation is 1. The van der Waals surface area contributed by atoms with E-state index in [2.05, 4.69) is 30.7 Å². The molecule has 0 unspecified atom stereocenters. The summed E-state index contributed by atoms with van der Waals surface area (Å²) in [6.45, 7) is 0. The minimum atomic E-state index is 0.0569. The van der Waals surface area contributed by atoms with E-state index >= 15 is 0 Å². The molecule has 2 N–H and O–H groups in total. The predicted octanol–water partition coefficient (Wildman–Crippen LogP) is 2.75. The van der Waals surface area contributed by atoms with Gasteiger partial charge in [0.15, 0.2) is 0 Å². The molecule has 0 saturated heterocycles. The molecule has 0 aliphatic heterocycles. The molecular weight excluding hydrogens is 330 g/mol. The molecular formula is C18H19N7O. The van der Waals surface area contributed by atoms with Crippen molar-refractivity contribution >= 4 is 23.4 Å². The van der Waals surface area contributed by atoms with Crippen LogP contribution < -0.4 is 10.6 Å². The highest BCUT2D eigenvalue weighted by molar-refractivity contribution is 5.92. The zero-order chi connectivity index (χ0) is 17.9. The summed E-state index contributed by atoms with van der Waals surface area (Å²) < 4.78 is 1.70. The molecule has 3 aromatic heterocycles. The third-order valence-corrected chi connectivity index (χ3v) is 4.40. The molecule has 1 amide bonds. The van der Waals surface area contributed by atoms with Gasteiger partial charge in [0.05, 0.1) is 17.6 Å². The molecule has 26 heavy (non-hydrogen) atoms. The molecule has 0 spiro atoms. The Morgan fingerprint density at radius 2 is 2.08 bits per heavy atom. The fourth-order valence-electron chi connectivity index (χ4n) is 2.71. The second kappa shape index (κ2) is 6.91. The van der Waals surface area contributed by atoms with Crippen LogP contribution in [-0.4, -0.2) is 30.6 Å². The van der Waals surface area contributed by atoms with Crippen LogP contribution in [-0.2, 0) is 11.8 Å². The van der Waals surface area contributed by atoms with Gasteiger partial charge in [-0.15, -0.1) is 0 Å². The predicted molar refractivity (Wildman–Crippen MR) is 97.7 cm³/mol. The van der Waals surface area contributed by atoms with Gasteiger partial charge >= 0.3 is 0 Å². The smallest absolute Gasteiger partial charge is 0.228 e. The summed E-state index contributed by atoms with van der Waals surface area (Å²) in [6.07, 6.45) is 10.0. The largest absolute Gasteiger partial charge is 0.321 e. The van der Waals surface area contributed by atoms with Crippen LogP contribution in [0.15, 0.2) is 43.0 Å². The average Bonchev–Trinajstić information content (AvgIpc) is 2.99. The molecule has 1 aliphatic rings. The molecule has 1 saturated carbocycles. The fourth-order valence-corrected chi connectivity index (χ4v) is 2.71. The van der Waals surface area contributed by atoms with Crippen LogP contribution in [0.1, 0.15) is 19.3 Å². The van der Waals surface area contributed by atoms with Crippen molar-refractivity contribution in [3.8, 4) is 11.3 Å². The molecule has 132 valence electrons. The molecule has 0 radical (unpaired) electrons. The van der Waals surface area contributed by atoms with Crippen LogP contribution >= 0.6 is 0 Å². The van der Waals surface area contributed by atoms with Gasteiger partial charge in [0.1, 0.15) is 5.82 Å². The molecule has 3 aromatic rings. The van der Waals surface area contributed by atoms with Crippen LogP contribution in [0.4, 0.5) is 17.5 Å². The van der Waals surface area contributed by atoms with E-state index in [4.69, 9.17) is 0 Å². The van der Waals surface area contributed by atoms with E-state index < -0.39 is 0 Å². The van der Waals surface area contributed by atoms with E-state index in [1.807, 2.05) is 25.4 Å². The lowest BCUT2D eigenvalue weighted by Crippen LogP contribution is -2.28. The number of aromatic nitrogens is 5. The summed E-state index contributed by atoms with van der Waals surface area (Å²) in [5.74, 6) is 1.24. The van der Waals surface area contributed by atoms with Crippen molar-refractivity contribution in [3.05, 3.63) is 43.0 Å². The van der Waals surface area contributed by atoms with Crippen molar-refractivity contribution in [2.75, 3.05) is 10.6 Å². The van der Waals surface area contributed by atoms with Gasteiger partial charge in [-0.2, -0.15) is 5.10 Å². The molecule has 0 bridgehead atoms. The molecule has 0 aromatic carbocycles.